The van der Waals surface area contributed by atoms with Crippen molar-refractivity contribution in [2.45, 2.75) is 36.3 Å². The molecule has 0 amide bonds. The smallest absolute Gasteiger partial charge is 0.359 e. The molecule has 4 rings (SSSR count). The number of benzene rings is 1. The van der Waals surface area contributed by atoms with E-state index in [0.717, 1.165) is 18.0 Å². The summed E-state index contributed by atoms with van der Waals surface area (Å²) in [6.45, 7) is 0.998. The molecule has 2 heterocycles. The minimum absolute atomic E-state index is 0.0547. The van der Waals surface area contributed by atoms with Crippen molar-refractivity contribution in [1.82, 2.24) is 9.97 Å². The topological polar surface area (TPSA) is 89.1 Å². The number of hydrogen-bond donors (Lipinski definition) is 1. The van der Waals surface area contributed by atoms with E-state index in [1.54, 1.807) is 18.2 Å². The molecular formula is C20H18ClFN2O4S. The van der Waals surface area contributed by atoms with E-state index < -0.39 is 26.9 Å². The number of nitrogens with zero attached hydrogens (tertiary/aromatic N) is 1. The van der Waals surface area contributed by atoms with Crippen LogP contribution in [0.4, 0.5) is 4.39 Å². The number of H-pyrrole nitrogens is 1. The lowest BCUT2D eigenvalue weighted by Crippen LogP contribution is -2.47. The van der Waals surface area contributed by atoms with Crippen LogP contribution in [0.2, 0.25) is 5.15 Å². The SMILES string of the molecule is CC(=O)OC(F)(C1CCc2c([nH]c3ccc(Cl)nc23)C1)S(=O)(=O)c1ccccc1. The Hall–Kier alpha value is -2.45. The van der Waals surface area contributed by atoms with Gasteiger partial charge >= 0.3 is 11.2 Å². The number of esters is 1. The van der Waals surface area contributed by atoms with Crippen LogP contribution in [0.15, 0.2) is 47.4 Å². The van der Waals surface area contributed by atoms with Crippen molar-refractivity contribution in [2.24, 2.45) is 5.92 Å². The number of hydrogen-bond acceptors (Lipinski definition) is 5. The maximum atomic E-state index is 16.1. The molecule has 0 radical (unpaired) electrons. The third-order valence-corrected chi connectivity index (χ3v) is 7.43. The van der Waals surface area contributed by atoms with Gasteiger partial charge in [-0.2, -0.15) is 4.39 Å². The number of alkyl halides is 1. The number of pyridine rings is 1. The van der Waals surface area contributed by atoms with Crippen molar-refractivity contribution in [2.75, 3.05) is 0 Å². The molecule has 2 atom stereocenters. The summed E-state index contributed by atoms with van der Waals surface area (Å²) in [5.41, 5.74) is 2.97. The summed E-state index contributed by atoms with van der Waals surface area (Å²) in [6, 6.07) is 10.6. The lowest BCUT2D eigenvalue weighted by atomic mass is 9.87. The van der Waals surface area contributed by atoms with Crippen LogP contribution in [0.5, 0.6) is 0 Å². The van der Waals surface area contributed by atoms with Crippen molar-refractivity contribution < 1.29 is 22.3 Å². The normalized spacial score (nSPS) is 18.8. The van der Waals surface area contributed by atoms with Gasteiger partial charge in [-0.25, -0.2) is 13.4 Å². The highest BCUT2D eigenvalue weighted by atomic mass is 35.5. The van der Waals surface area contributed by atoms with Gasteiger partial charge in [-0.05, 0) is 49.1 Å². The monoisotopic (exact) mass is 436 g/mol. The number of carbonyl (C=O) groups is 1. The van der Waals surface area contributed by atoms with Crippen LogP contribution in [-0.4, -0.2) is 29.5 Å². The van der Waals surface area contributed by atoms with E-state index >= 15 is 4.39 Å². The average Bonchev–Trinajstić information content (AvgIpc) is 3.05. The number of rotatable bonds is 4. The summed E-state index contributed by atoms with van der Waals surface area (Å²) < 4.78 is 47.2. The van der Waals surface area contributed by atoms with Gasteiger partial charge in [0.2, 0.25) is 0 Å². The molecule has 0 saturated heterocycles. The first kappa shape index (κ1) is 19.8. The molecule has 6 nitrogen and oxygen atoms in total. The highest BCUT2D eigenvalue weighted by molar-refractivity contribution is 7.92. The standard InChI is InChI=1S/C20H18ClFN2O4S/c1-12(25)28-20(22,29(26,27)14-5-3-2-4-6-14)13-7-8-15-17(11-13)23-16-9-10-18(21)24-19(15)16/h2-6,9-10,13,23H,7-8,11H2,1H3. The van der Waals surface area contributed by atoms with Gasteiger partial charge in [0, 0.05) is 12.6 Å². The van der Waals surface area contributed by atoms with Gasteiger partial charge in [-0.1, -0.05) is 29.8 Å². The molecule has 9 heteroatoms. The largest absolute Gasteiger partial charge is 0.414 e. The molecule has 0 saturated carbocycles. The molecular weight excluding hydrogens is 419 g/mol. The first-order chi connectivity index (χ1) is 13.7. The Morgan fingerprint density at radius 3 is 2.69 bits per heavy atom. The average molecular weight is 437 g/mol. The molecule has 1 aliphatic rings. The molecule has 0 fully saturated rings. The van der Waals surface area contributed by atoms with E-state index in [9.17, 15) is 13.2 Å². The van der Waals surface area contributed by atoms with E-state index in [-0.39, 0.29) is 17.7 Å². The summed E-state index contributed by atoms with van der Waals surface area (Å²) in [5.74, 6) is -2.07. The van der Waals surface area contributed by atoms with E-state index in [2.05, 4.69) is 9.97 Å². The minimum Gasteiger partial charge on any atom is -0.414 e. The third-order valence-electron chi connectivity index (χ3n) is 5.18. The molecule has 29 heavy (non-hydrogen) atoms. The maximum Gasteiger partial charge on any atom is 0.359 e. The minimum atomic E-state index is -4.59. The van der Waals surface area contributed by atoms with E-state index in [1.165, 1.54) is 24.3 Å². The summed E-state index contributed by atoms with van der Waals surface area (Å²) >= 11 is 5.98. The first-order valence-electron chi connectivity index (χ1n) is 9.06. The van der Waals surface area contributed by atoms with Gasteiger partial charge in [0.25, 0.3) is 9.84 Å². The number of fused-ring (bicyclic) bond motifs is 3. The quantitative estimate of drug-likeness (QED) is 0.493. The van der Waals surface area contributed by atoms with E-state index in [1.807, 2.05) is 0 Å². The summed E-state index contributed by atoms with van der Waals surface area (Å²) in [4.78, 5) is 18.9. The Labute approximate surface area is 172 Å². The predicted octanol–water partition coefficient (Wildman–Crippen LogP) is 3.98. The fourth-order valence-electron chi connectivity index (χ4n) is 3.87. The zero-order valence-corrected chi connectivity index (χ0v) is 17.1. The second kappa shape index (κ2) is 7.11. The Kier molecular flexibility index (Phi) is 4.86. The molecule has 3 aromatic rings. The Morgan fingerprint density at radius 2 is 2.00 bits per heavy atom. The molecule has 1 N–H and O–H groups in total. The molecule has 0 aliphatic heterocycles. The van der Waals surface area contributed by atoms with E-state index in [0.29, 0.717) is 22.8 Å². The van der Waals surface area contributed by atoms with Gasteiger partial charge in [-0.15, -0.1) is 0 Å². The van der Waals surface area contributed by atoms with Crippen molar-refractivity contribution in [3.63, 3.8) is 0 Å². The molecule has 1 aromatic carbocycles. The van der Waals surface area contributed by atoms with Gasteiger partial charge in [-0.3, -0.25) is 4.79 Å². The van der Waals surface area contributed by atoms with Crippen molar-refractivity contribution >= 4 is 38.4 Å². The zero-order valence-electron chi connectivity index (χ0n) is 15.5. The second-order valence-corrected chi connectivity index (χ2v) is 9.47. The van der Waals surface area contributed by atoms with Crippen LogP contribution in [-0.2, 0) is 32.2 Å². The van der Waals surface area contributed by atoms with Gasteiger partial charge in [0.1, 0.15) is 5.15 Å². The lowest BCUT2D eigenvalue weighted by Gasteiger charge is -2.34. The van der Waals surface area contributed by atoms with Crippen LogP contribution in [0, 0.1) is 5.92 Å². The summed E-state index contributed by atoms with van der Waals surface area (Å²) in [7, 11) is -4.59. The Morgan fingerprint density at radius 1 is 1.28 bits per heavy atom. The van der Waals surface area contributed by atoms with Crippen LogP contribution in [0.3, 0.4) is 0 Å². The zero-order chi connectivity index (χ0) is 20.8. The van der Waals surface area contributed by atoms with E-state index in [4.69, 9.17) is 16.3 Å². The number of sulfone groups is 1. The van der Waals surface area contributed by atoms with Crippen LogP contribution in [0.1, 0.15) is 24.6 Å². The summed E-state index contributed by atoms with van der Waals surface area (Å²) in [5, 5.41) is -2.84. The molecule has 1 aliphatic carbocycles. The number of aromatic nitrogens is 2. The highest BCUT2D eigenvalue weighted by Gasteiger charge is 2.56. The van der Waals surface area contributed by atoms with Crippen molar-refractivity contribution in [1.29, 1.82) is 0 Å². The fraction of sp³-hybridized carbons (Fsp3) is 0.300. The number of halogens is 2. The number of aryl methyl sites for hydroxylation is 1. The van der Waals surface area contributed by atoms with Gasteiger partial charge in [0.05, 0.1) is 21.8 Å². The van der Waals surface area contributed by atoms with Crippen LogP contribution in [0.25, 0.3) is 11.0 Å². The lowest BCUT2D eigenvalue weighted by molar-refractivity contribution is -0.170. The predicted molar refractivity (Wildman–Crippen MR) is 106 cm³/mol. The molecule has 0 spiro atoms. The number of aromatic amines is 1. The van der Waals surface area contributed by atoms with Crippen LogP contribution >= 0.6 is 11.6 Å². The molecule has 152 valence electrons. The number of nitrogens with one attached hydrogen (secondary N) is 1. The Balaban J connectivity index is 1.77. The number of ether oxygens (including phenoxy) is 1. The Bertz CT molecular complexity index is 1200. The van der Waals surface area contributed by atoms with Gasteiger partial charge in [0.15, 0.2) is 0 Å². The first-order valence-corrected chi connectivity index (χ1v) is 10.9. The maximum absolute atomic E-state index is 16.1. The van der Waals surface area contributed by atoms with Crippen LogP contribution < -0.4 is 0 Å². The summed E-state index contributed by atoms with van der Waals surface area (Å²) in [6.07, 6.45) is 0.605. The molecule has 0 bridgehead atoms. The molecule has 2 aromatic heterocycles. The molecule has 2 unspecified atom stereocenters. The highest BCUT2D eigenvalue weighted by Crippen LogP contribution is 2.43. The third kappa shape index (κ3) is 3.30. The van der Waals surface area contributed by atoms with Crippen molar-refractivity contribution in [3.05, 3.63) is 58.9 Å². The fourth-order valence-corrected chi connectivity index (χ4v) is 5.72. The second-order valence-electron chi connectivity index (χ2n) is 7.04. The van der Waals surface area contributed by atoms with Gasteiger partial charge < -0.3 is 9.72 Å². The van der Waals surface area contributed by atoms with Crippen molar-refractivity contribution in [3.8, 4) is 0 Å². The number of carbonyl (C=O) groups excluding carboxylic acids is 1.